The SMILES string of the molecule is CC1=NOC(C)(C(N)=NO)C1. The first-order valence-corrected chi connectivity index (χ1v) is 3.28. The summed E-state index contributed by atoms with van der Waals surface area (Å²) in [6, 6.07) is 0. The molecule has 1 rings (SSSR count). The van der Waals surface area contributed by atoms with Gasteiger partial charge in [-0.3, -0.25) is 0 Å². The van der Waals surface area contributed by atoms with E-state index in [1.54, 1.807) is 6.92 Å². The number of nitrogens with two attached hydrogens (primary N) is 1. The molecule has 0 aromatic heterocycles. The Morgan fingerprint density at radius 2 is 2.55 bits per heavy atom. The van der Waals surface area contributed by atoms with Gasteiger partial charge in [-0.1, -0.05) is 10.3 Å². The van der Waals surface area contributed by atoms with E-state index in [1.807, 2.05) is 6.92 Å². The van der Waals surface area contributed by atoms with Crippen molar-refractivity contribution in [3.05, 3.63) is 0 Å². The average molecular weight is 157 g/mol. The number of oxime groups is 2. The van der Waals surface area contributed by atoms with Crippen molar-refractivity contribution in [1.82, 2.24) is 0 Å². The summed E-state index contributed by atoms with van der Waals surface area (Å²) in [4.78, 5) is 4.98. The standard InChI is InChI=1S/C6H11N3O2/c1-4-3-6(2,11-9-4)5(7)8-10/h10H,3H2,1-2H3,(H2,7,8). The van der Waals surface area contributed by atoms with Gasteiger partial charge in [0.2, 0.25) is 0 Å². The van der Waals surface area contributed by atoms with E-state index in [0.717, 1.165) is 5.71 Å². The third-order valence-electron chi connectivity index (χ3n) is 1.65. The van der Waals surface area contributed by atoms with E-state index in [-0.39, 0.29) is 5.84 Å². The highest BCUT2D eigenvalue weighted by molar-refractivity contribution is 5.96. The molecule has 0 aromatic rings. The molecular weight excluding hydrogens is 146 g/mol. The van der Waals surface area contributed by atoms with Crippen LogP contribution in [0.1, 0.15) is 20.3 Å². The van der Waals surface area contributed by atoms with Crippen LogP contribution in [-0.4, -0.2) is 22.4 Å². The van der Waals surface area contributed by atoms with Crippen molar-refractivity contribution in [3.63, 3.8) is 0 Å². The molecule has 0 saturated carbocycles. The number of hydrogen-bond donors (Lipinski definition) is 2. The Labute approximate surface area is 64.5 Å². The van der Waals surface area contributed by atoms with Crippen molar-refractivity contribution in [2.45, 2.75) is 25.9 Å². The fourth-order valence-electron chi connectivity index (χ4n) is 0.974. The zero-order valence-corrected chi connectivity index (χ0v) is 6.53. The lowest BCUT2D eigenvalue weighted by Crippen LogP contribution is -2.41. The van der Waals surface area contributed by atoms with E-state index in [4.69, 9.17) is 15.8 Å². The van der Waals surface area contributed by atoms with Gasteiger partial charge >= 0.3 is 0 Å². The molecule has 11 heavy (non-hydrogen) atoms. The summed E-state index contributed by atoms with van der Waals surface area (Å²) >= 11 is 0. The largest absolute Gasteiger partial charge is 0.409 e. The Kier molecular flexibility index (Phi) is 1.72. The number of amidine groups is 1. The number of rotatable bonds is 1. The molecule has 5 heteroatoms. The van der Waals surface area contributed by atoms with Crippen molar-refractivity contribution in [3.8, 4) is 0 Å². The summed E-state index contributed by atoms with van der Waals surface area (Å²) in [5, 5.41) is 15.0. The van der Waals surface area contributed by atoms with Gasteiger partial charge in [-0.25, -0.2) is 0 Å². The zero-order valence-electron chi connectivity index (χ0n) is 6.53. The van der Waals surface area contributed by atoms with E-state index < -0.39 is 5.60 Å². The molecule has 62 valence electrons. The highest BCUT2D eigenvalue weighted by atomic mass is 16.7. The monoisotopic (exact) mass is 157 g/mol. The highest BCUT2D eigenvalue weighted by Crippen LogP contribution is 2.22. The predicted molar refractivity (Wildman–Crippen MR) is 40.6 cm³/mol. The highest BCUT2D eigenvalue weighted by Gasteiger charge is 2.37. The van der Waals surface area contributed by atoms with Gasteiger partial charge in [0.15, 0.2) is 11.4 Å². The smallest absolute Gasteiger partial charge is 0.199 e. The van der Waals surface area contributed by atoms with Crippen molar-refractivity contribution < 1.29 is 10.0 Å². The maximum absolute atomic E-state index is 8.38. The summed E-state index contributed by atoms with van der Waals surface area (Å²) in [5.41, 5.74) is 5.47. The first-order valence-electron chi connectivity index (χ1n) is 3.28. The van der Waals surface area contributed by atoms with Crippen molar-refractivity contribution in [2.24, 2.45) is 16.0 Å². The van der Waals surface area contributed by atoms with Crippen LogP contribution in [0.4, 0.5) is 0 Å². The van der Waals surface area contributed by atoms with Gasteiger partial charge in [0.1, 0.15) is 0 Å². The topological polar surface area (TPSA) is 80.2 Å². The number of nitrogens with zero attached hydrogens (tertiary/aromatic N) is 2. The van der Waals surface area contributed by atoms with E-state index >= 15 is 0 Å². The third-order valence-corrected chi connectivity index (χ3v) is 1.65. The molecule has 0 aromatic carbocycles. The molecule has 0 fully saturated rings. The summed E-state index contributed by atoms with van der Waals surface area (Å²) in [6.07, 6.45) is 0.572. The van der Waals surface area contributed by atoms with E-state index in [2.05, 4.69) is 10.3 Å². The van der Waals surface area contributed by atoms with Gasteiger partial charge in [0.05, 0.1) is 5.71 Å². The summed E-state index contributed by atoms with van der Waals surface area (Å²) < 4.78 is 0. The molecule has 0 radical (unpaired) electrons. The Hall–Kier alpha value is -1.26. The summed E-state index contributed by atoms with van der Waals surface area (Å²) in [6.45, 7) is 3.55. The molecule has 0 aliphatic carbocycles. The Balaban J connectivity index is 2.74. The van der Waals surface area contributed by atoms with Crippen LogP contribution in [0.3, 0.4) is 0 Å². The van der Waals surface area contributed by atoms with E-state index in [9.17, 15) is 0 Å². The van der Waals surface area contributed by atoms with Crippen molar-refractivity contribution in [2.75, 3.05) is 0 Å². The maximum atomic E-state index is 8.38. The van der Waals surface area contributed by atoms with Gasteiger partial charge in [-0.05, 0) is 13.8 Å². The van der Waals surface area contributed by atoms with Crippen LogP contribution in [0.15, 0.2) is 10.3 Å². The summed E-state index contributed by atoms with van der Waals surface area (Å²) in [7, 11) is 0. The fourth-order valence-corrected chi connectivity index (χ4v) is 0.974. The second-order valence-corrected chi connectivity index (χ2v) is 2.81. The van der Waals surface area contributed by atoms with Gasteiger partial charge in [0.25, 0.3) is 0 Å². The zero-order chi connectivity index (χ0) is 8.48. The minimum Gasteiger partial charge on any atom is -0.409 e. The molecule has 1 heterocycles. The van der Waals surface area contributed by atoms with Crippen LogP contribution in [-0.2, 0) is 4.84 Å². The normalized spacial score (nSPS) is 31.5. The predicted octanol–water partition coefficient (Wildman–Crippen LogP) is 0.288. The fraction of sp³-hybridized carbons (Fsp3) is 0.667. The Bertz CT molecular complexity index is 224. The van der Waals surface area contributed by atoms with Crippen LogP contribution >= 0.6 is 0 Å². The van der Waals surface area contributed by atoms with Crippen LogP contribution in [0.5, 0.6) is 0 Å². The second-order valence-electron chi connectivity index (χ2n) is 2.81. The van der Waals surface area contributed by atoms with Gasteiger partial charge < -0.3 is 15.8 Å². The minimum atomic E-state index is -0.751. The van der Waals surface area contributed by atoms with Gasteiger partial charge in [-0.15, -0.1) is 0 Å². The molecule has 1 aliphatic rings. The molecule has 1 atom stereocenters. The van der Waals surface area contributed by atoms with E-state index in [1.165, 1.54) is 0 Å². The Morgan fingerprint density at radius 1 is 1.91 bits per heavy atom. The summed E-state index contributed by atoms with van der Waals surface area (Å²) in [5.74, 6) is 0.0538. The minimum absolute atomic E-state index is 0.0538. The van der Waals surface area contributed by atoms with Gasteiger partial charge in [0, 0.05) is 6.42 Å². The van der Waals surface area contributed by atoms with E-state index in [0.29, 0.717) is 6.42 Å². The lowest BCUT2D eigenvalue weighted by molar-refractivity contribution is 0.0486. The quantitative estimate of drug-likeness (QED) is 0.248. The molecule has 5 nitrogen and oxygen atoms in total. The number of hydrogen-bond acceptors (Lipinski definition) is 4. The molecule has 0 saturated heterocycles. The van der Waals surface area contributed by atoms with Crippen LogP contribution in [0.25, 0.3) is 0 Å². The van der Waals surface area contributed by atoms with Crippen molar-refractivity contribution >= 4 is 11.5 Å². The van der Waals surface area contributed by atoms with Crippen LogP contribution in [0.2, 0.25) is 0 Å². The second kappa shape index (κ2) is 2.41. The molecule has 0 bridgehead atoms. The molecular formula is C6H11N3O2. The first-order chi connectivity index (χ1) is 5.08. The molecule has 1 aliphatic heterocycles. The van der Waals surface area contributed by atoms with Crippen LogP contribution in [0, 0.1) is 0 Å². The van der Waals surface area contributed by atoms with Gasteiger partial charge in [-0.2, -0.15) is 0 Å². The van der Waals surface area contributed by atoms with Crippen molar-refractivity contribution in [1.29, 1.82) is 0 Å². The molecule has 3 N–H and O–H groups in total. The maximum Gasteiger partial charge on any atom is 0.199 e. The van der Waals surface area contributed by atoms with Crippen LogP contribution < -0.4 is 5.73 Å². The molecule has 0 amide bonds. The third kappa shape index (κ3) is 1.26. The lowest BCUT2D eigenvalue weighted by atomic mass is 10.00. The first kappa shape index (κ1) is 7.84. The average Bonchev–Trinajstić information content (AvgIpc) is 2.31. The molecule has 1 unspecified atom stereocenters. The molecule has 0 spiro atoms. The Morgan fingerprint density at radius 3 is 2.91 bits per heavy atom. The lowest BCUT2D eigenvalue weighted by Gasteiger charge is -2.18.